The third kappa shape index (κ3) is 3.37. The van der Waals surface area contributed by atoms with Crippen molar-refractivity contribution in [3.63, 3.8) is 0 Å². The molecule has 17 heavy (non-hydrogen) atoms. The summed E-state index contributed by atoms with van der Waals surface area (Å²) in [6.45, 7) is 5.85. The molecule has 4 heteroatoms. The second-order valence-electron chi connectivity index (χ2n) is 4.30. The Labute approximate surface area is 107 Å². The van der Waals surface area contributed by atoms with Gasteiger partial charge in [0.2, 0.25) is 0 Å². The number of anilines is 1. The average molecular weight is 256 g/mol. The molecular weight excluding hydrogens is 238 g/mol. The predicted molar refractivity (Wildman–Crippen MR) is 70.5 cm³/mol. The Balaban J connectivity index is 2.94. The Bertz CT molecular complexity index is 404. The van der Waals surface area contributed by atoms with Crippen molar-refractivity contribution in [2.45, 2.75) is 26.8 Å². The molecule has 0 bridgehead atoms. The van der Waals surface area contributed by atoms with Crippen LogP contribution in [0.5, 0.6) is 0 Å². The van der Waals surface area contributed by atoms with Gasteiger partial charge in [0, 0.05) is 10.7 Å². The highest BCUT2D eigenvalue weighted by atomic mass is 35.5. The molecule has 0 aromatic heterocycles. The van der Waals surface area contributed by atoms with Crippen LogP contribution in [0.15, 0.2) is 18.2 Å². The second kappa shape index (κ2) is 5.92. The summed E-state index contributed by atoms with van der Waals surface area (Å²) in [6.07, 6.45) is 0. The SMILES string of the molecule is COC(=O)C(Nc1cccc(Cl)c1C)C(C)C. The van der Waals surface area contributed by atoms with E-state index in [4.69, 9.17) is 16.3 Å². The van der Waals surface area contributed by atoms with E-state index in [2.05, 4.69) is 5.32 Å². The van der Waals surface area contributed by atoms with Crippen molar-refractivity contribution in [3.05, 3.63) is 28.8 Å². The Morgan fingerprint density at radius 3 is 2.59 bits per heavy atom. The first-order chi connectivity index (χ1) is 7.97. The lowest BCUT2D eigenvalue weighted by molar-refractivity contribution is -0.142. The number of carbonyl (C=O) groups excluding carboxylic acids is 1. The van der Waals surface area contributed by atoms with Gasteiger partial charge in [-0.2, -0.15) is 0 Å². The zero-order valence-corrected chi connectivity index (χ0v) is 11.3. The first-order valence-corrected chi connectivity index (χ1v) is 5.94. The highest BCUT2D eigenvalue weighted by Crippen LogP contribution is 2.24. The molecule has 94 valence electrons. The number of methoxy groups -OCH3 is 1. The number of ether oxygens (including phenoxy) is 1. The van der Waals surface area contributed by atoms with Gasteiger partial charge in [-0.15, -0.1) is 0 Å². The Morgan fingerprint density at radius 2 is 2.06 bits per heavy atom. The van der Waals surface area contributed by atoms with Crippen LogP contribution in [0.1, 0.15) is 19.4 Å². The molecule has 1 N–H and O–H groups in total. The fourth-order valence-corrected chi connectivity index (χ4v) is 1.73. The minimum atomic E-state index is -0.364. The van der Waals surface area contributed by atoms with E-state index in [9.17, 15) is 4.79 Å². The van der Waals surface area contributed by atoms with Gasteiger partial charge in [-0.05, 0) is 30.5 Å². The van der Waals surface area contributed by atoms with Gasteiger partial charge in [-0.1, -0.05) is 31.5 Å². The summed E-state index contributed by atoms with van der Waals surface area (Å²) in [5.74, 6) is -0.125. The number of hydrogen-bond acceptors (Lipinski definition) is 3. The topological polar surface area (TPSA) is 38.3 Å². The molecule has 0 aliphatic rings. The van der Waals surface area contributed by atoms with Crippen molar-refractivity contribution in [2.24, 2.45) is 5.92 Å². The van der Waals surface area contributed by atoms with E-state index in [1.54, 1.807) is 0 Å². The first kappa shape index (κ1) is 13.8. The smallest absolute Gasteiger partial charge is 0.328 e. The van der Waals surface area contributed by atoms with Crippen LogP contribution in [0.2, 0.25) is 5.02 Å². The van der Waals surface area contributed by atoms with E-state index >= 15 is 0 Å². The molecule has 1 aromatic rings. The summed E-state index contributed by atoms with van der Waals surface area (Å²) in [6, 6.07) is 5.22. The van der Waals surface area contributed by atoms with E-state index in [0.29, 0.717) is 5.02 Å². The van der Waals surface area contributed by atoms with Crippen LogP contribution in [0.25, 0.3) is 0 Å². The van der Waals surface area contributed by atoms with Gasteiger partial charge in [0.1, 0.15) is 6.04 Å². The molecule has 1 aromatic carbocycles. The van der Waals surface area contributed by atoms with Crippen molar-refractivity contribution < 1.29 is 9.53 Å². The van der Waals surface area contributed by atoms with E-state index in [0.717, 1.165) is 11.3 Å². The Morgan fingerprint density at radius 1 is 1.41 bits per heavy atom. The minimum absolute atomic E-state index is 0.140. The van der Waals surface area contributed by atoms with Crippen LogP contribution in [0.3, 0.4) is 0 Å². The van der Waals surface area contributed by atoms with Crippen molar-refractivity contribution in [1.29, 1.82) is 0 Å². The fraction of sp³-hybridized carbons (Fsp3) is 0.462. The predicted octanol–water partition coefficient (Wildman–Crippen LogP) is 3.26. The molecule has 1 rings (SSSR count). The van der Waals surface area contributed by atoms with Crippen molar-refractivity contribution in [1.82, 2.24) is 0 Å². The summed E-state index contributed by atoms with van der Waals surface area (Å²) in [5.41, 5.74) is 1.80. The summed E-state index contributed by atoms with van der Waals surface area (Å²) in [5, 5.41) is 3.86. The molecule has 1 unspecified atom stereocenters. The standard InChI is InChI=1S/C13H18ClNO2/c1-8(2)12(13(16)17-4)15-11-7-5-6-10(14)9(11)3/h5-8,12,15H,1-4H3. The lowest BCUT2D eigenvalue weighted by atomic mass is 10.0. The molecule has 0 spiro atoms. The first-order valence-electron chi connectivity index (χ1n) is 5.56. The number of nitrogens with one attached hydrogen (secondary N) is 1. The number of carbonyl (C=O) groups is 1. The van der Waals surface area contributed by atoms with Crippen LogP contribution in [0, 0.1) is 12.8 Å². The molecule has 0 saturated carbocycles. The van der Waals surface area contributed by atoms with E-state index in [-0.39, 0.29) is 17.9 Å². The van der Waals surface area contributed by atoms with E-state index in [1.807, 2.05) is 39.0 Å². The van der Waals surface area contributed by atoms with Gasteiger partial charge in [-0.3, -0.25) is 0 Å². The molecular formula is C13H18ClNO2. The molecule has 3 nitrogen and oxygen atoms in total. The van der Waals surface area contributed by atoms with Crippen molar-refractivity contribution in [3.8, 4) is 0 Å². The minimum Gasteiger partial charge on any atom is -0.467 e. The quantitative estimate of drug-likeness (QED) is 0.840. The third-order valence-corrected chi connectivity index (χ3v) is 3.11. The fourth-order valence-electron chi connectivity index (χ4n) is 1.56. The van der Waals surface area contributed by atoms with Gasteiger partial charge in [0.05, 0.1) is 7.11 Å². The lowest BCUT2D eigenvalue weighted by Crippen LogP contribution is -2.35. The molecule has 0 aliphatic carbocycles. The monoisotopic (exact) mass is 255 g/mol. The number of halogens is 1. The normalized spacial score (nSPS) is 12.4. The zero-order valence-electron chi connectivity index (χ0n) is 10.6. The number of esters is 1. The highest BCUT2D eigenvalue weighted by molar-refractivity contribution is 6.31. The molecule has 0 saturated heterocycles. The molecule has 1 atom stereocenters. The van der Waals surface area contributed by atoms with Gasteiger partial charge < -0.3 is 10.1 Å². The molecule has 0 fully saturated rings. The van der Waals surface area contributed by atoms with Crippen molar-refractivity contribution >= 4 is 23.3 Å². The molecule has 0 aliphatic heterocycles. The average Bonchev–Trinajstić information content (AvgIpc) is 2.29. The summed E-state index contributed by atoms with van der Waals surface area (Å²) < 4.78 is 4.78. The van der Waals surface area contributed by atoms with E-state index in [1.165, 1.54) is 7.11 Å². The van der Waals surface area contributed by atoms with Crippen LogP contribution < -0.4 is 5.32 Å². The van der Waals surface area contributed by atoms with Gasteiger partial charge in [-0.25, -0.2) is 4.79 Å². The van der Waals surface area contributed by atoms with Gasteiger partial charge >= 0.3 is 5.97 Å². The highest BCUT2D eigenvalue weighted by Gasteiger charge is 2.23. The maximum Gasteiger partial charge on any atom is 0.328 e. The van der Waals surface area contributed by atoms with E-state index < -0.39 is 0 Å². The summed E-state index contributed by atoms with van der Waals surface area (Å²) >= 11 is 6.03. The number of rotatable bonds is 4. The van der Waals surface area contributed by atoms with Crippen molar-refractivity contribution in [2.75, 3.05) is 12.4 Å². The van der Waals surface area contributed by atoms with Crippen LogP contribution >= 0.6 is 11.6 Å². The van der Waals surface area contributed by atoms with Gasteiger partial charge in [0.25, 0.3) is 0 Å². The van der Waals surface area contributed by atoms with Crippen LogP contribution in [-0.4, -0.2) is 19.1 Å². The lowest BCUT2D eigenvalue weighted by Gasteiger charge is -2.22. The maximum absolute atomic E-state index is 11.6. The molecule has 0 radical (unpaired) electrons. The largest absolute Gasteiger partial charge is 0.467 e. The maximum atomic E-state index is 11.6. The summed E-state index contributed by atoms with van der Waals surface area (Å²) in [7, 11) is 1.39. The second-order valence-corrected chi connectivity index (χ2v) is 4.71. The number of benzene rings is 1. The Hall–Kier alpha value is -1.22. The zero-order chi connectivity index (χ0) is 13.0. The third-order valence-electron chi connectivity index (χ3n) is 2.70. The van der Waals surface area contributed by atoms with Gasteiger partial charge in [0.15, 0.2) is 0 Å². The molecule has 0 heterocycles. The van der Waals surface area contributed by atoms with Crippen LogP contribution in [-0.2, 0) is 9.53 Å². The molecule has 0 amide bonds. The van der Waals surface area contributed by atoms with Crippen LogP contribution in [0.4, 0.5) is 5.69 Å². The Kier molecular flexibility index (Phi) is 4.82. The number of hydrogen-bond donors (Lipinski definition) is 1. The summed E-state index contributed by atoms with van der Waals surface area (Å²) in [4.78, 5) is 11.6.